The first kappa shape index (κ1) is 18.2. The number of hydrogen-bond acceptors (Lipinski definition) is 6. The van der Waals surface area contributed by atoms with Crippen LogP contribution in [0.1, 0.15) is 25.2 Å². The van der Waals surface area contributed by atoms with Gasteiger partial charge in [-0.25, -0.2) is 9.97 Å². The van der Waals surface area contributed by atoms with E-state index >= 15 is 0 Å². The van der Waals surface area contributed by atoms with E-state index in [4.69, 9.17) is 10.5 Å². The second kappa shape index (κ2) is 8.61. The Labute approximate surface area is 143 Å². The van der Waals surface area contributed by atoms with Gasteiger partial charge in [-0.05, 0) is 29.7 Å². The molecule has 24 heavy (non-hydrogen) atoms. The molecular formula is C18H26N4O2. The number of benzene rings is 1. The number of nitrogens with two attached hydrogens (primary N) is 1. The number of aliphatic hydroxyl groups excluding tert-OH is 1. The summed E-state index contributed by atoms with van der Waals surface area (Å²) in [6.07, 6.45) is 1.66. The van der Waals surface area contributed by atoms with Gasteiger partial charge in [0.05, 0.1) is 20.3 Å². The molecular weight excluding hydrogens is 304 g/mol. The van der Waals surface area contributed by atoms with Gasteiger partial charge in [-0.1, -0.05) is 26.0 Å². The molecule has 0 radical (unpaired) electrons. The van der Waals surface area contributed by atoms with Crippen molar-refractivity contribution in [1.82, 2.24) is 14.9 Å². The van der Waals surface area contributed by atoms with Crippen LogP contribution in [0.15, 0.2) is 36.5 Å². The minimum Gasteiger partial charge on any atom is -0.497 e. The maximum absolute atomic E-state index is 9.83. The Bertz CT molecular complexity index is 631. The number of aromatic nitrogens is 2. The van der Waals surface area contributed by atoms with E-state index in [1.165, 1.54) is 0 Å². The molecule has 1 aromatic heterocycles. The van der Waals surface area contributed by atoms with Gasteiger partial charge >= 0.3 is 0 Å². The van der Waals surface area contributed by atoms with Crippen LogP contribution in [0.2, 0.25) is 0 Å². The minimum absolute atomic E-state index is 0.0112. The molecule has 1 atom stereocenters. The van der Waals surface area contributed by atoms with Gasteiger partial charge < -0.3 is 15.6 Å². The molecule has 6 heteroatoms. The first-order valence-electron chi connectivity index (χ1n) is 8.08. The number of aliphatic hydroxyl groups is 1. The van der Waals surface area contributed by atoms with Crippen LogP contribution in [-0.2, 0) is 13.1 Å². The third-order valence-corrected chi connectivity index (χ3v) is 4.04. The summed E-state index contributed by atoms with van der Waals surface area (Å²) in [7, 11) is 1.65. The van der Waals surface area contributed by atoms with E-state index in [0.717, 1.165) is 11.3 Å². The Morgan fingerprint density at radius 2 is 1.88 bits per heavy atom. The molecule has 0 saturated heterocycles. The number of anilines is 1. The number of hydrogen-bond donors (Lipinski definition) is 2. The van der Waals surface area contributed by atoms with E-state index in [-0.39, 0.29) is 12.6 Å². The van der Waals surface area contributed by atoms with Crippen LogP contribution in [0.25, 0.3) is 0 Å². The van der Waals surface area contributed by atoms with Gasteiger partial charge in [-0.15, -0.1) is 0 Å². The number of methoxy groups -OCH3 is 1. The number of nitrogen functional groups attached to an aromatic ring is 1. The summed E-state index contributed by atoms with van der Waals surface area (Å²) in [5, 5.41) is 9.83. The van der Waals surface area contributed by atoms with Gasteiger partial charge in [-0.2, -0.15) is 0 Å². The molecule has 6 nitrogen and oxygen atoms in total. The molecule has 0 saturated carbocycles. The zero-order valence-electron chi connectivity index (χ0n) is 14.5. The van der Waals surface area contributed by atoms with Crippen molar-refractivity contribution >= 4 is 5.82 Å². The summed E-state index contributed by atoms with van der Waals surface area (Å²) in [6, 6.07) is 9.61. The lowest BCUT2D eigenvalue weighted by atomic mass is 10.0. The number of ether oxygens (including phenoxy) is 1. The third kappa shape index (κ3) is 4.91. The molecule has 130 valence electrons. The fourth-order valence-electron chi connectivity index (χ4n) is 2.68. The highest BCUT2D eigenvalue weighted by atomic mass is 16.5. The Kier molecular flexibility index (Phi) is 6.52. The highest BCUT2D eigenvalue weighted by Gasteiger charge is 2.22. The molecule has 0 aliphatic rings. The molecule has 3 N–H and O–H groups in total. The van der Waals surface area contributed by atoms with E-state index in [1.54, 1.807) is 19.4 Å². The van der Waals surface area contributed by atoms with Crippen LogP contribution >= 0.6 is 0 Å². The number of rotatable bonds is 8. The molecule has 0 bridgehead atoms. The Balaban J connectivity index is 2.20. The van der Waals surface area contributed by atoms with Gasteiger partial charge in [-0.3, -0.25) is 4.90 Å². The lowest BCUT2D eigenvalue weighted by molar-refractivity contribution is 0.0763. The lowest BCUT2D eigenvalue weighted by Crippen LogP contribution is -2.41. The molecule has 2 aromatic rings. The van der Waals surface area contributed by atoms with Gasteiger partial charge in [0.1, 0.15) is 17.4 Å². The van der Waals surface area contributed by atoms with E-state index in [2.05, 4.69) is 28.7 Å². The van der Waals surface area contributed by atoms with Crippen molar-refractivity contribution in [2.75, 3.05) is 19.5 Å². The normalized spacial score (nSPS) is 12.6. The fourth-order valence-corrected chi connectivity index (χ4v) is 2.68. The monoisotopic (exact) mass is 330 g/mol. The molecule has 1 heterocycles. The standard InChI is InChI=1S/C18H26N4O2/c1-13(2)16(12-23)22(11-18-20-9-8-17(19)21-18)10-14-4-6-15(24-3)7-5-14/h4-9,13,16,23H,10-12H2,1-3H3,(H2,19,20,21)/t16-/m1/s1. The van der Waals surface area contributed by atoms with Crippen molar-refractivity contribution in [2.24, 2.45) is 5.92 Å². The number of nitrogens with zero attached hydrogens (tertiary/aromatic N) is 3. The largest absolute Gasteiger partial charge is 0.497 e. The van der Waals surface area contributed by atoms with Crippen molar-refractivity contribution in [3.63, 3.8) is 0 Å². The second-order valence-corrected chi connectivity index (χ2v) is 6.14. The van der Waals surface area contributed by atoms with Crippen LogP contribution < -0.4 is 10.5 Å². The zero-order chi connectivity index (χ0) is 17.5. The van der Waals surface area contributed by atoms with Crippen LogP contribution in [0.4, 0.5) is 5.82 Å². The maximum Gasteiger partial charge on any atom is 0.144 e. The molecule has 0 amide bonds. The smallest absolute Gasteiger partial charge is 0.144 e. The SMILES string of the molecule is COc1ccc(CN(Cc2nccc(N)n2)[C@H](CO)C(C)C)cc1. The zero-order valence-corrected chi connectivity index (χ0v) is 14.5. The fraction of sp³-hybridized carbons (Fsp3) is 0.444. The lowest BCUT2D eigenvalue weighted by Gasteiger charge is -2.32. The maximum atomic E-state index is 9.83. The van der Waals surface area contributed by atoms with Crippen molar-refractivity contribution in [1.29, 1.82) is 0 Å². The minimum atomic E-state index is 0.0112. The highest BCUT2D eigenvalue weighted by Crippen LogP contribution is 2.19. The van der Waals surface area contributed by atoms with Gasteiger partial charge in [0, 0.05) is 18.8 Å². The summed E-state index contributed by atoms with van der Waals surface area (Å²) >= 11 is 0. The van der Waals surface area contributed by atoms with Crippen LogP contribution in [-0.4, -0.2) is 39.7 Å². The van der Waals surface area contributed by atoms with Crippen molar-refractivity contribution < 1.29 is 9.84 Å². The van der Waals surface area contributed by atoms with E-state index in [9.17, 15) is 5.11 Å². The Morgan fingerprint density at radius 1 is 1.17 bits per heavy atom. The average molecular weight is 330 g/mol. The molecule has 0 aliphatic heterocycles. The first-order valence-corrected chi connectivity index (χ1v) is 8.08. The van der Waals surface area contributed by atoms with E-state index in [1.807, 2.05) is 24.3 Å². The topological polar surface area (TPSA) is 84.5 Å². The summed E-state index contributed by atoms with van der Waals surface area (Å²) in [5.41, 5.74) is 6.89. The first-order chi connectivity index (χ1) is 11.5. The molecule has 1 aromatic carbocycles. The molecule has 0 unspecified atom stereocenters. The molecule has 0 spiro atoms. The van der Waals surface area contributed by atoms with Crippen LogP contribution in [0, 0.1) is 5.92 Å². The van der Waals surface area contributed by atoms with E-state index < -0.39 is 0 Å². The van der Waals surface area contributed by atoms with Crippen LogP contribution in [0.3, 0.4) is 0 Å². The average Bonchev–Trinajstić information content (AvgIpc) is 2.56. The summed E-state index contributed by atoms with van der Waals surface area (Å²) in [5.74, 6) is 2.23. The predicted molar refractivity (Wildman–Crippen MR) is 94.4 cm³/mol. The van der Waals surface area contributed by atoms with E-state index in [0.29, 0.717) is 30.6 Å². The Morgan fingerprint density at radius 3 is 2.42 bits per heavy atom. The van der Waals surface area contributed by atoms with Crippen molar-refractivity contribution in [3.05, 3.63) is 47.9 Å². The summed E-state index contributed by atoms with van der Waals surface area (Å²) in [4.78, 5) is 10.8. The highest BCUT2D eigenvalue weighted by molar-refractivity contribution is 5.27. The van der Waals surface area contributed by atoms with Crippen LogP contribution in [0.5, 0.6) is 5.75 Å². The van der Waals surface area contributed by atoms with Gasteiger partial charge in [0.15, 0.2) is 0 Å². The summed E-state index contributed by atoms with van der Waals surface area (Å²) < 4.78 is 5.20. The molecule has 0 aliphatic carbocycles. The second-order valence-electron chi connectivity index (χ2n) is 6.14. The molecule has 0 fully saturated rings. The van der Waals surface area contributed by atoms with Crippen molar-refractivity contribution in [2.45, 2.75) is 33.0 Å². The predicted octanol–water partition coefficient (Wildman–Crippen LogP) is 2.09. The van der Waals surface area contributed by atoms with Crippen molar-refractivity contribution in [3.8, 4) is 5.75 Å². The van der Waals surface area contributed by atoms with Gasteiger partial charge in [0.25, 0.3) is 0 Å². The van der Waals surface area contributed by atoms with Gasteiger partial charge in [0.2, 0.25) is 0 Å². The summed E-state index contributed by atoms with van der Waals surface area (Å²) in [6.45, 7) is 5.49. The quantitative estimate of drug-likeness (QED) is 0.771. The third-order valence-electron chi connectivity index (χ3n) is 4.04. The Hall–Kier alpha value is -2.18. The molecule has 2 rings (SSSR count).